The Balaban J connectivity index is 2.01. The zero-order valence-corrected chi connectivity index (χ0v) is 17.7. The van der Waals surface area contributed by atoms with Gasteiger partial charge in [0, 0.05) is 18.0 Å². The molecule has 0 bridgehead atoms. The van der Waals surface area contributed by atoms with Gasteiger partial charge in [-0.2, -0.15) is 0 Å². The molecule has 3 rings (SSSR count). The lowest BCUT2D eigenvalue weighted by Gasteiger charge is -2.30. The fourth-order valence-corrected chi connectivity index (χ4v) is 3.75. The number of carbonyl (C=O) groups excluding carboxylic acids is 2. The van der Waals surface area contributed by atoms with E-state index in [2.05, 4.69) is 12.0 Å². The Morgan fingerprint density at radius 3 is 2.33 bits per heavy atom. The summed E-state index contributed by atoms with van der Waals surface area (Å²) < 4.78 is 1.45. The van der Waals surface area contributed by atoms with Gasteiger partial charge in [-0.15, -0.1) is 5.10 Å². The lowest BCUT2D eigenvalue weighted by molar-refractivity contribution is -0.127. The van der Waals surface area contributed by atoms with Crippen molar-refractivity contribution >= 4 is 23.5 Å². The van der Waals surface area contributed by atoms with E-state index in [0.717, 1.165) is 25.7 Å². The number of anilines is 1. The van der Waals surface area contributed by atoms with E-state index in [0.29, 0.717) is 11.6 Å². The van der Waals surface area contributed by atoms with E-state index < -0.39 is 5.97 Å². The molecule has 1 aliphatic carbocycles. The number of aromatic carboxylic acids is 1. The van der Waals surface area contributed by atoms with Gasteiger partial charge in [-0.1, -0.05) is 39.0 Å². The first-order valence-corrected chi connectivity index (χ1v) is 10.5. The highest BCUT2D eigenvalue weighted by Crippen LogP contribution is 2.32. The number of carboxylic acid groups (broad SMARTS) is 1. The van der Waals surface area contributed by atoms with Gasteiger partial charge in [-0.3, -0.25) is 14.5 Å². The molecule has 0 saturated heterocycles. The number of ketones is 1. The van der Waals surface area contributed by atoms with Crippen LogP contribution in [-0.4, -0.2) is 39.1 Å². The van der Waals surface area contributed by atoms with E-state index in [9.17, 15) is 19.5 Å². The standard InChI is InChI=1S/C23H29N3O4/c1-15(2)20(27)14-25(22(28)17-11-9-16(3)10-12-17)21-19(23(29)30)13-26(24-21)18-7-5-4-6-8-18/h4-8,13,15-17H,9-12,14H2,1-3H3,(H,29,30). The molecule has 1 saturated carbocycles. The van der Waals surface area contributed by atoms with Gasteiger partial charge in [0.15, 0.2) is 11.6 Å². The Labute approximate surface area is 176 Å². The highest BCUT2D eigenvalue weighted by molar-refractivity contribution is 6.04. The first-order chi connectivity index (χ1) is 14.3. The maximum absolute atomic E-state index is 13.4. The molecule has 1 aliphatic rings. The molecular formula is C23H29N3O4. The molecule has 0 spiro atoms. The first kappa shape index (κ1) is 21.7. The summed E-state index contributed by atoms with van der Waals surface area (Å²) in [5.41, 5.74) is 0.591. The molecule has 1 aromatic carbocycles. The molecule has 0 aliphatic heterocycles. The SMILES string of the molecule is CC1CCC(C(=O)N(CC(=O)C(C)C)c2nn(-c3ccccc3)cc2C(=O)O)CC1. The van der Waals surface area contributed by atoms with Gasteiger partial charge in [-0.05, 0) is 43.7 Å². The van der Waals surface area contributed by atoms with Crippen LogP contribution in [-0.2, 0) is 9.59 Å². The minimum Gasteiger partial charge on any atom is -0.477 e. The van der Waals surface area contributed by atoms with Crippen LogP contribution < -0.4 is 4.90 Å². The molecule has 30 heavy (non-hydrogen) atoms. The number of para-hydroxylation sites is 1. The molecule has 1 N–H and O–H groups in total. The third-order valence-electron chi connectivity index (χ3n) is 5.79. The summed E-state index contributed by atoms with van der Waals surface area (Å²) in [5.74, 6) is -1.40. The third-order valence-corrected chi connectivity index (χ3v) is 5.79. The van der Waals surface area contributed by atoms with Crippen LogP contribution in [0.15, 0.2) is 36.5 Å². The van der Waals surface area contributed by atoms with Crippen LogP contribution in [0.25, 0.3) is 5.69 Å². The molecule has 7 nitrogen and oxygen atoms in total. The fraction of sp³-hybridized carbons (Fsp3) is 0.478. The molecule has 2 aromatic rings. The highest BCUT2D eigenvalue weighted by Gasteiger charge is 2.34. The number of carboxylic acids is 1. The predicted octanol–water partition coefficient (Wildman–Crippen LogP) is 3.95. The topological polar surface area (TPSA) is 92.5 Å². The highest BCUT2D eigenvalue weighted by atomic mass is 16.4. The third kappa shape index (κ3) is 4.78. The van der Waals surface area contributed by atoms with Gasteiger partial charge in [0.05, 0.1) is 12.2 Å². The minimum absolute atomic E-state index is 0.0315. The number of hydrogen-bond donors (Lipinski definition) is 1. The molecule has 0 radical (unpaired) electrons. The number of benzene rings is 1. The van der Waals surface area contributed by atoms with Crippen molar-refractivity contribution in [3.05, 3.63) is 42.1 Å². The monoisotopic (exact) mass is 411 g/mol. The molecule has 1 fully saturated rings. The summed E-state index contributed by atoms with van der Waals surface area (Å²) in [6, 6.07) is 9.11. The summed E-state index contributed by atoms with van der Waals surface area (Å²) in [4.78, 5) is 39.2. The predicted molar refractivity (Wildman–Crippen MR) is 114 cm³/mol. The molecule has 0 atom stereocenters. The second-order valence-corrected chi connectivity index (χ2v) is 8.45. The van der Waals surface area contributed by atoms with Crippen LogP contribution >= 0.6 is 0 Å². The van der Waals surface area contributed by atoms with Crippen LogP contribution in [0.1, 0.15) is 56.8 Å². The average molecular weight is 412 g/mol. The van der Waals surface area contributed by atoms with Gasteiger partial charge in [0.1, 0.15) is 5.56 Å². The molecule has 0 unspecified atom stereocenters. The van der Waals surface area contributed by atoms with Gasteiger partial charge < -0.3 is 5.11 Å². The second-order valence-electron chi connectivity index (χ2n) is 8.45. The normalized spacial score (nSPS) is 18.9. The van der Waals surface area contributed by atoms with Gasteiger partial charge >= 0.3 is 5.97 Å². The van der Waals surface area contributed by atoms with Crippen molar-refractivity contribution in [3.63, 3.8) is 0 Å². The van der Waals surface area contributed by atoms with Crippen molar-refractivity contribution in [2.75, 3.05) is 11.4 Å². The Kier molecular flexibility index (Phi) is 6.70. The maximum Gasteiger partial charge on any atom is 0.341 e. The number of aromatic nitrogens is 2. The van der Waals surface area contributed by atoms with E-state index in [-0.39, 0.29) is 41.5 Å². The van der Waals surface area contributed by atoms with Crippen molar-refractivity contribution < 1.29 is 19.5 Å². The Bertz CT molecular complexity index is 912. The number of rotatable bonds is 7. The maximum atomic E-state index is 13.4. The molecule has 1 amide bonds. The second kappa shape index (κ2) is 9.24. The molecule has 7 heteroatoms. The molecular weight excluding hydrogens is 382 g/mol. The quantitative estimate of drug-likeness (QED) is 0.745. The smallest absolute Gasteiger partial charge is 0.341 e. The van der Waals surface area contributed by atoms with E-state index in [1.807, 2.05) is 18.2 Å². The number of hydrogen-bond acceptors (Lipinski definition) is 4. The Morgan fingerprint density at radius 1 is 1.13 bits per heavy atom. The zero-order valence-electron chi connectivity index (χ0n) is 17.7. The van der Waals surface area contributed by atoms with Crippen LogP contribution in [0.4, 0.5) is 5.82 Å². The van der Waals surface area contributed by atoms with Crippen LogP contribution in [0, 0.1) is 17.8 Å². The molecule has 160 valence electrons. The van der Waals surface area contributed by atoms with Crippen molar-refractivity contribution in [3.8, 4) is 5.69 Å². The Morgan fingerprint density at radius 2 is 1.77 bits per heavy atom. The summed E-state index contributed by atoms with van der Waals surface area (Å²) in [5, 5.41) is 14.2. The van der Waals surface area contributed by atoms with E-state index >= 15 is 0 Å². The molecule has 1 heterocycles. The summed E-state index contributed by atoms with van der Waals surface area (Å²) in [6.45, 7) is 5.54. The van der Waals surface area contributed by atoms with E-state index in [4.69, 9.17) is 0 Å². The van der Waals surface area contributed by atoms with Crippen LogP contribution in [0.5, 0.6) is 0 Å². The largest absolute Gasteiger partial charge is 0.477 e. The van der Waals surface area contributed by atoms with Crippen LogP contribution in [0.3, 0.4) is 0 Å². The van der Waals surface area contributed by atoms with Crippen molar-refractivity contribution in [1.82, 2.24) is 9.78 Å². The van der Waals surface area contributed by atoms with Crippen LogP contribution in [0.2, 0.25) is 0 Å². The summed E-state index contributed by atoms with van der Waals surface area (Å²) in [6.07, 6.45) is 4.79. The zero-order chi connectivity index (χ0) is 21.8. The number of nitrogens with zero attached hydrogens (tertiary/aromatic N) is 3. The number of Topliss-reactive ketones (excluding diaryl/α,β-unsaturated/α-hetero) is 1. The van der Waals surface area contributed by atoms with Crippen molar-refractivity contribution in [1.29, 1.82) is 0 Å². The van der Waals surface area contributed by atoms with Crippen molar-refractivity contribution in [2.45, 2.75) is 46.5 Å². The minimum atomic E-state index is -1.18. The average Bonchev–Trinajstić information content (AvgIpc) is 3.18. The van der Waals surface area contributed by atoms with Crippen molar-refractivity contribution in [2.24, 2.45) is 17.8 Å². The lowest BCUT2D eigenvalue weighted by atomic mass is 9.82. The summed E-state index contributed by atoms with van der Waals surface area (Å²) in [7, 11) is 0. The van der Waals surface area contributed by atoms with Gasteiger partial charge in [0.25, 0.3) is 0 Å². The fourth-order valence-electron chi connectivity index (χ4n) is 3.75. The summed E-state index contributed by atoms with van der Waals surface area (Å²) >= 11 is 0. The number of carbonyl (C=O) groups is 3. The van der Waals surface area contributed by atoms with E-state index in [1.54, 1.807) is 26.0 Å². The first-order valence-electron chi connectivity index (χ1n) is 10.5. The number of amides is 1. The Hall–Kier alpha value is -2.96. The van der Waals surface area contributed by atoms with Gasteiger partial charge in [-0.25, -0.2) is 9.48 Å². The lowest BCUT2D eigenvalue weighted by Crippen LogP contribution is -2.42. The van der Waals surface area contributed by atoms with Gasteiger partial charge in [0.2, 0.25) is 5.91 Å². The van der Waals surface area contributed by atoms with E-state index in [1.165, 1.54) is 15.8 Å². The molecule has 1 aromatic heterocycles.